The summed E-state index contributed by atoms with van der Waals surface area (Å²) in [6, 6.07) is 6.65. The van der Waals surface area contributed by atoms with Gasteiger partial charge in [-0.1, -0.05) is 25.6 Å². The van der Waals surface area contributed by atoms with Crippen molar-refractivity contribution in [1.29, 1.82) is 0 Å². The maximum Gasteiger partial charge on any atom is 0.230 e. The zero-order valence-electron chi connectivity index (χ0n) is 12.7. The molecule has 1 heterocycles. The molecule has 118 valence electrons. The van der Waals surface area contributed by atoms with Crippen molar-refractivity contribution in [1.82, 2.24) is 25.5 Å². The van der Waals surface area contributed by atoms with Crippen molar-refractivity contribution in [2.45, 2.75) is 32.0 Å². The fourth-order valence-corrected chi connectivity index (χ4v) is 2.32. The van der Waals surface area contributed by atoms with E-state index in [1.165, 1.54) is 16.4 Å². The van der Waals surface area contributed by atoms with E-state index < -0.39 is 0 Å². The van der Waals surface area contributed by atoms with Gasteiger partial charge in [0.25, 0.3) is 0 Å². The summed E-state index contributed by atoms with van der Waals surface area (Å²) in [6.45, 7) is 6.10. The number of nitrogens with one attached hydrogen (secondary N) is 1. The number of aromatic nitrogens is 4. The minimum Gasteiger partial charge on any atom is -0.508 e. The Balaban J connectivity index is 1.99. The van der Waals surface area contributed by atoms with Gasteiger partial charge in [-0.15, -0.1) is 5.10 Å². The van der Waals surface area contributed by atoms with Crippen LogP contribution in [0, 0.1) is 5.92 Å². The third kappa shape index (κ3) is 4.20. The lowest BCUT2D eigenvalue weighted by Gasteiger charge is -2.17. The van der Waals surface area contributed by atoms with E-state index in [9.17, 15) is 9.90 Å². The van der Waals surface area contributed by atoms with Gasteiger partial charge in [-0.05, 0) is 47.5 Å². The number of rotatable bonds is 6. The van der Waals surface area contributed by atoms with Gasteiger partial charge in [-0.3, -0.25) is 4.79 Å². The van der Waals surface area contributed by atoms with Gasteiger partial charge in [0.2, 0.25) is 11.1 Å². The molecule has 1 aromatic heterocycles. The van der Waals surface area contributed by atoms with E-state index >= 15 is 0 Å². The van der Waals surface area contributed by atoms with Crippen LogP contribution in [0.15, 0.2) is 29.4 Å². The highest BCUT2D eigenvalue weighted by Gasteiger charge is 2.14. The third-order valence-electron chi connectivity index (χ3n) is 3.26. The lowest BCUT2D eigenvalue weighted by atomic mass is 10.1. The molecule has 0 aliphatic heterocycles. The summed E-state index contributed by atoms with van der Waals surface area (Å²) in [5.41, 5.74) is 0.723. The Morgan fingerprint density at radius 1 is 1.32 bits per heavy atom. The number of aromatic hydroxyl groups is 1. The fraction of sp³-hybridized carbons (Fsp3) is 0.429. The van der Waals surface area contributed by atoms with Crippen LogP contribution < -0.4 is 5.32 Å². The molecule has 0 unspecified atom stereocenters. The van der Waals surface area contributed by atoms with Crippen molar-refractivity contribution < 1.29 is 9.90 Å². The van der Waals surface area contributed by atoms with E-state index in [-0.39, 0.29) is 23.5 Å². The number of nitrogens with zero attached hydrogens (tertiary/aromatic N) is 4. The summed E-state index contributed by atoms with van der Waals surface area (Å²) in [5, 5.41) is 24.2. The SMILES string of the molecule is CC(C)[C@@H](C)NC(=O)CSc1nnnn1-c1ccc(O)cc1. The van der Waals surface area contributed by atoms with Crippen LogP contribution in [0.3, 0.4) is 0 Å². The molecule has 0 aliphatic rings. The Bertz CT molecular complexity index is 626. The Labute approximate surface area is 133 Å². The van der Waals surface area contributed by atoms with Crippen LogP contribution in [0.1, 0.15) is 20.8 Å². The summed E-state index contributed by atoms with van der Waals surface area (Å²) in [5.74, 6) is 0.756. The maximum atomic E-state index is 11.9. The first-order chi connectivity index (χ1) is 10.5. The number of tetrazole rings is 1. The predicted molar refractivity (Wildman–Crippen MR) is 84.0 cm³/mol. The number of carbonyl (C=O) groups excluding carboxylic acids is 1. The van der Waals surface area contributed by atoms with Crippen LogP contribution in [-0.2, 0) is 4.79 Å². The van der Waals surface area contributed by atoms with E-state index in [2.05, 4.69) is 34.7 Å². The number of phenols is 1. The van der Waals surface area contributed by atoms with Crippen molar-refractivity contribution in [3.63, 3.8) is 0 Å². The standard InChI is InChI=1S/C14H19N5O2S/c1-9(2)10(3)15-13(21)8-22-14-16-17-18-19(14)11-4-6-12(20)7-5-11/h4-7,9-10,20H,8H2,1-3H3,(H,15,21)/t10-/m1/s1. The molecule has 8 heteroatoms. The van der Waals surface area contributed by atoms with Gasteiger partial charge in [-0.2, -0.15) is 4.68 Å². The van der Waals surface area contributed by atoms with Gasteiger partial charge >= 0.3 is 0 Å². The zero-order valence-corrected chi connectivity index (χ0v) is 13.5. The topological polar surface area (TPSA) is 92.9 Å². The molecule has 2 rings (SSSR count). The van der Waals surface area contributed by atoms with Crippen LogP contribution >= 0.6 is 11.8 Å². The number of amides is 1. The van der Waals surface area contributed by atoms with E-state index in [0.717, 1.165) is 5.69 Å². The second-order valence-electron chi connectivity index (χ2n) is 5.28. The van der Waals surface area contributed by atoms with Crippen molar-refractivity contribution >= 4 is 17.7 Å². The van der Waals surface area contributed by atoms with Crippen molar-refractivity contribution in [2.75, 3.05) is 5.75 Å². The Kier molecular flexibility index (Phi) is 5.37. The zero-order chi connectivity index (χ0) is 16.1. The van der Waals surface area contributed by atoms with Crippen LogP contribution in [0.5, 0.6) is 5.75 Å². The lowest BCUT2D eigenvalue weighted by molar-refractivity contribution is -0.119. The summed E-state index contributed by atoms with van der Waals surface area (Å²) in [7, 11) is 0. The van der Waals surface area contributed by atoms with E-state index in [4.69, 9.17) is 0 Å². The molecule has 2 aromatic rings. The summed E-state index contributed by atoms with van der Waals surface area (Å²) in [4.78, 5) is 11.9. The quantitative estimate of drug-likeness (QED) is 0.785. The lowest BCUT2D eigenvalue weighted by Crippen LogP contribution is -2.37. The Morgan fingerprint density at radius 3 is 2.64 bits per heavy atom. The number of hydrogen-bond acceptors (Lipinski definition) is 6. The molecule has 7 nitrogen and oxygen atoms in total. The molecule has 22 heavy (non-hydrogen) atoms. The van der Waals surface area contributed by atoms with Gasteiger partial charge in [0, 0.05) is 6.04 Å². The minimum atomic E-state index is -0.0496. The molecule has 0 spiro atoms. The van der Waals surface area contributed by atoms with Crippen LogP contribution in [0.4, 0.5) is 0 Å². The fourth-order valence-electron chi connectivity index (χ4n) is 1.62. The Morgan fingerprint density at radius 2 is 2.00 bits per heavy atom. The van der Waals surface area contributed by atoms with Crippen molar-refractivity contribution in [3.8, 4) is 11.4 Å². The van der Waals surface area contributed by atoms with E-state index in [0.29, 0.717) is 11.1 Å². The second kappa shape index (κ2) is 7.26. The maximum absolute atomic E-state index is 11.9. The van der Waals surface area contributed by atoms with Crippen LogP contribution in [-0.4, -0.2) is 43.0 Å². The molecule has 2 N–H and O–H groups in total. The first-order valence-electron chi connectivity index (χ1n) is 6.97. The second-order valence-corrected chi connectivity index (χ2v) is 6.22. The van der Waals surface area contributed by atoms with E-state index in [1.54, 1.807) is 24.3 Å². The van der Waals surface area contributed by atoms with Gasteiger partial charge in [-0.25, -0.2) is 0 Å². The molecule has 1 atom stereocenters. The smallest absolute Gasteiger partial charge is 0.230 e. The normalized spacial score (nSPS) is 12.4. The van der Waals surface area contributed by atoms with Gasteiger partial charge in [0.1, 0.15) is 5.75 Å². The number of thioether (sulfide) groups is 1. The third-order valence-corrected chi connectivity index (χ3v) is 4.18. The molecule has 1 amide bonds. The minimum absolute atomic E-state index is 0.0496. The van der Waals surface area contributed by atoms with Crippen molar-refractivity contribution in [2.24, 2.45) is 5.92 Å². The van der Waals surface area contributed by atoms with E-state index in [1.807, 2.05) is 6.92 Å². The molecule has 0 radical (unpaired) electrons. The Hall–Kier alpha value is -2.09. The summed E-state index contributed by atoms with van der Waals surface area (Å²) < 4.78 is 1.53. The number of hydrogen-bond donors (Lipinski definition) is 2. The highest BCUT2D eigenvalue weighted by molar-refractivity contribution is 7.99. The van der Waals surface area contributed by atoms with Gasteiger partial charge in [0.15, 0.2) is 0 Å². The number of benzene rings is 1. The molecule has 0 aliphatic carbocycles. The van der Waals surface area contributed by atoms with Gasteiger partial charge < -0.3 is 10.4 Å². The first-order valence-corrected chi connectivity index (χ1v) is 7.96. The predicted octanol–water partition coefficient (Wildman–Crippen LogP) is 1.62. The summed E-state index contributed by atoms with van der Waals surface area (Å²) in [6.07, 6.45) is 0. The van der Waals surface area contributed by atoms with Gasteiger partial charge in [0.05, 0.1) is 11.4 Å². The number of carbonyl (C=O) groups is 1. The molecular weight excluding hydrogens is 302 g/mol. The molecule has 1 aromatic carbocycles. The highest BCUT2D eigenvalue weighted by atomic mass is 32.2. The average molecular weight is 321 g/mol. The van der Waals surface area contributed by atoms with Crippen LogP contribution in [0.25, 0.3) is 5.69 Å². The highest BCUT2D eigenvalue weighted by Crippen LogP contribution is 2.19. The molecular formula is C14H19N5O2S. The number of phenolic OH excluding ortho intramolecular Hbond substituents is 1. The van der Waals surface area contributed by atoms with Crippen molar-refractivity contribution in [3.05, 3.63) is 24.3 Å². The molecule has 0 saturated carbocycles. The largest absolute Gasteiger partial charge is 0.508 e. The molecule has 0 bridgehead atoms. The molecule has 0 fully saturated rings. The molecule has 0 saturated heterocycles. The van der Waals surface area contributed by atoms with Crippen LogP contribution in [0.2, 0.25) is 0 Å². The first kappa shape index (κ1) is 16.3. The monoisotopic (exact) mass is 321 g/mol. The summed E-state index contributed by atoms with van der Waals surface area (Å²) >= 11 is 1.27. The average Bonchev–Trinajstić information content (AvgIpc) is 2.94.